The zero-order valence-electron chi connectivity index (χ0n) is 20.7. The topological polar surface area (TPSA) is 124 Å². The van der Waals surface area contributed by atoms with E-state index in [-0.39, 0.29) is 23.3 Å². The lowest BCUT2D eigenvalue weighted by atomic mass is 9.99. The van der Waals surface area contributed by atoms with E-state index in [1.807, 2.05) is 45.0 Å². The van der Waals surface area contributed by atoms with Crippen LogP contribution in [-0.4, -0.2) is 22.4 Å². The molecule has 8 nitrogen and oxygen atoms in total. The van der Waals surface area contributed by atoms with E-state index in [1.165, 1.54) is 6.20 Å². The molecule has 182 valence electrons. The van der Waals surface area contributed by atoms with Gasteiger partial charge in [0, 0.05) is 18.4 Å². The Morgan fingerprint density at radius 2 is 1.51 bits per heavy atom. The summed E-state index contributed by atoms with van der Waals surface area (Å²) in [6.45, 7) is 6.13. The number of anilines is 2. The molecule has 0 radical (unpaired) electrons. The number of hydrogen-bond donors (Lipinski definition) is 2. The van der Waals surface area contributed by atoms with Gasteiger partial charge in [-0.1, -0.05) is 12.1 Å². The van der Waals surface area contributed by atoms with E-state index in [0.717, 1.165) is 22.3 Å². The largest absolute Gasteiger partial charge is 0.437 e. The number of aryl methyl sites for hydroxylation is 2. The molecule has 0 saturated heterocycles. The molecule has 0 spiro atoms. The van der Waals surface area contributed by atoms with Gasteiger partial charge in [-0.15, -0.1) is 0 Å². The maximum absolute atomic E-state index is 12.7. The minimum Gasteiger partial charge on any atom is -0.437 e. The molecule has 37 heavy (non-hydrogen) atoms. The maximum atomic E-state index is 12.7. The number of hydrogen-bond acceptors (Lipinski definition) is 7. The van der Waals surface area contributed by atoms with Crippen LogP contribution in [-0.2, 0) is 0 Å². The van der Waals surface area contributed by atoms with Gasteiger partial charge in [-0.3, -0.25) is 4.79 Å². The highest BCUT2D eigenvalue weighted by atomic mass is 16.5. The minimum absolute atomic E-state index is 0.120. The zero-order valence-corrected chi connectivity index (χ0v) is 20.7. The first-order valence-corrected chi connectivity index (χ1v) is 11.6. The summed E-state index contributed by atoms with van der Waals surface area (Å²) in [4.78, 5) is 21.5. The van der Waals surface area contributed by atoms with E-state index in [1.54, 1.807) is 36.4 Å². The highest BCUT2D eigenvalue weighted by Crippen LogP contribution is 2.34. The molecule has 1 aromatic heterocycles. The molecule has 8 heteroatoms. The fourth-order valence-electron chi connectivity index (χ4n) is 3.78. The summed E-state index contributed by atoms with van der Waals surface area (Å²) in [5.41, 5.74) is 5.74. The van der Waals surface area contributed by atoms with Crippen molar-refractivity contribution in [2.75, 3.05) is 11.9 Å². The summed E-state index contributed by atoms with van der Waals surface area (Å²) in [7, 11) is 0. The average Bonchev–Trinajstić information content (AvgIpc) is 2.91. The van der Waals surface area contributed by atoms with Gasteiger partial charge in [-0.2, -0.15) is 15.5 Å². The van der Waals surface area contributed by atoms with Crippen LogP contribution in [0.25, 0.3) is 11.1 Å². The van der Waals surface area contributed by atoms with Crippen LogP contribution < -0.4 is 15.4 Å². The van der Waals surface area contributed by atoms with Crippen molar-refractivity contribution < 1.29 is 9.53 Å². The van der Waals surface area contributed by atoms with Gasteiger partial charge in [-0.05, 0) is 91.6 Å². The standard InChI is InChI=1S/C29H24N6O2/c1-4-32-27(36)25-17-33-29(34-24-11-7-21(16-31)8-12-24)35-28(25)37-26-18(2)13-23(14-19(26)3)22-9-5-20(15-30)6-10-22/h5-14,17H,4H2,1-3H3,(H,32,36)(H,33,34,35). The number of carbonyl (C=O) groups excluding carboxylic acids is 1. The second kappa shape index (κ2) is 11.0. The molecule has 3 aromatic carbocycles. The lowest BCUT2D eigenvalue weighted by Gasteiger charge is -2.16. The molecule has 0 fully saturated rings. The molecular weight excluding hydrogens is 464 g/mol. The van der Waals surface area contributed by atoms with Gasteiger partial charge < -0.3 is 15.4 Å². The number of ether oxygens (including phenoxy) is 1. The SMILES string of the molecule is CCNC(=O)c1cnc(Nc2ccc(C#N)cc2)nc1Oc1c(C)cc(-c2ccc(C#N)cc2)cc1C. The monoisotopic (exact) mass is 488 g/mol. The number of nitrogens with zero attached hydrogens (tertiary/aromatic N) is 4. The Balaban J connectivity index is 1.68. The lowest BCUT2D eigenvalue weighted by Crippen LogP contribution is -2.24. The summed E-state index contributed by atoms with van der Waals surface area (Å²) in [5, 5.41) is 23.9. The van der Waals surface area contributed by atoms with Crippen LogP contribution in [0.2, 0.25) is 0 Å². The van der Waals surface area contributed by atoms with Gasteiger partial charge in [0.1, 0.15) is 11.3 Å². The second-order valence-electron chi connectivity index (χ2n) is 8.32. The van der Waals surface area contributed by atoms with Crippen LogP contribution in [0.4, 0.5) is 11.6 Å². The molecule has 1 heterocycles. The summed E-state index contributed by atoms with van der Waals surface area (Å²) in [6.07, 6.45) is 1.43. The molecule has 0 bridgehead atoms. The zero-order chi connectivity index (χ0) is 26.4. The third-order valence-corrected chi connectivity index (χ3v) is 5.61. The van der Waals surface area contributed by atoms with Crippen LogP contribution in [0, 0.1) is 36.5 Å². The Kier molecular flexibility index (Phi) is 7.42. The second-order valence-corrected chi connectivity index (χ2v) is 8.32. The molecule has 0 atom stereocenters. The van der Waals surface area contributed by atoms with Crippen LogP contribution in [0.5, 0.6) is 11.6 Å². The van der Waals surface area contributed by atoms with Crippen molar-refractivity contribution in [1.82, 2.24) is 15.3 Å². The molecule has 4 aromatic rings. The third-order valence-electron chi connectivity index (χ3n) is 5.61. The number of nitrogens with one attached hydrogen (secondary N) is 2. The fourth-order valence-corrected chi connectivity index (χ4v) is 3.78. The highest BCUT2D eigenvalue weighted by molar-refractivity contribution is 5.96. The van der Waals surface area contributed by atoms with E-state index in [4.69, 9.17) is 15.3 Å². The average molecular weight is 489 g/mol. The molecule has 0 unspecified atom stereocenters. The number of aromatic nitrogens is 2. The Hall–Kier alpha value is -5.21. The van der Waals surface area contributed by atoms with E-state index < -0.39 is 0 Å². The van der Waals surface area contributed by atoms with Crippen molar-refractivity contribution in [3.05, 3.63) is 94.7 Å². The van der Waals surface area contributed by atoms with Gasteiger partial charge >= 0.3 is 0 Å². The lowest BCUT2D eigenvalue weighted by molar-refractivity contribution is 0.0952. The fraction of sp³-hybridized carbons (Fsp3) is 0.138. The minimum atomic E-state index is -0.341. The van der Waals surface area contributed by atoms with Crippen LogP contribution in [0.3, 0.4) is 0 Å². The van der Waals surface area contributed by atoms with Crippen molar-refractivity contribution in [2.24, 2.45) is 0 Å². The first-order valence-electron chi connectivity index (χ1n) is 11.6. The number of rotatable bonds is 7. The Morgan fingerprint density at radius 1 is 0.919 bits per heavy atom. The van der Waals surface area contributed by atoms with Crippen molar-refractivity contribution in [3.63, 3.8) is 0 Å². The van der Waals surface area contributed by atoms with Gasteiger partial charge in [0.15, 0.2) is 0 Å². The highest BCUT2D eigenvalue weighted by Gasteiger charge is 2.19. The quantitative estimate of drug-likeness (QED) is 0.337. The molecular formula is C29H24N6O2. The van der Waals surface area contributed by atoms with Crippen molar-refractivity contribution >= 4 is 17.5 Å². The van der Waals surface area contributed by atoms with E-state index >= 15 is 0 Å². The Bertz CT molecular complexity index is 1510. The number of benzene rings is 3. The normalized spacial score (nSPS) is 10.2. The van der Waals surface area contributed by atoms with Gasteiger partial charge in [0.05, 0.1) is 23.3 Å². The van der Waals surface area contributed by atoms with Gasteiger partial charge in [0.25, 0.3) is 5.91 Å². The molecule has 0 saturated carbocycles. The molecule has 0 aliphatic heterocycles. The molecule has 0 aliphatic rings. The first kappa shape index (κ1) is 24.9. The van der Waals surface area contributed by atoms with Crippen molar-refractivity contribution in [1.29, 1.82) is 10.5 Å². The van der Waals surface area contributed by atoms with Gasteiger partial charge in [-0.25, -0.2) is 4.98 Å². The molecule has 1 amide bonds. The van der Waals surface area contributed by atoms with Crippen molar-refractivity contribution in [3.8, 4) is 34.9 Å². The molecule has 2 N–H and O–H groups in total. The smallest absolute Gasteiger partial charge is 0.258 e. The Morgan fingerprint density at radius 3 is 2.08 bits per heavy atom. The van der Waals surface area contributed by atoms with Gasteiger partial charge in [0.2, 0.25) is 11.8 Å². The molecule has 4 rings (SSSR count). The maximum Gasteiger partial charge on any atom is 0.258 e. The summed E-state index contributed by atoms with van der Waals surface area (Å²) in [6, 6.07) is 22.4. The third kappa shape index (κ3) is 5.72. The summed E-state index contributed by atoms with van der Waals surface area (Å²) < 4.78 is 6.24. The predicted molar refractivity (Wildman–Crippen MR) is 141 cm³/mol. The summed E-state index contributed by atoms with van der Waals surface area (Å²) >= 11 is 0. The first-order chi connectivity index (χ1) is 17.9. The molecule has 0 aliphatic carbocycles. The van der Waals surface area contributed by atoms with Crippen LogP contribution >= 0.6 is 0 Å². The van der Waals surface area contributed by atoms with Crippen LogP contribution in [0.15, 0.2) is 66.9 Å². The number of amides is 1. The van der Waals surface area contributed by atoms with E-state index in [9.17, 15) is 4.79 Å². The Labute approximate surface area is 215 Å². The van der Waals surface area contributed by atoms with Crippen LogP contribution in [0.1, 0.15) is 39.5 Å². The van der Waals surface area contributed by atoms with E-state index in [0.29, 0.717) is 29.1 Å². The van der Waals surface area contributed by atoms with Crippen molar-refractivity contribution in [2.45, 2.75) is 20.8 Å². The number of nitriles is 2. The predicted octanol–water partition coefficient (Wildman–Crippen LogP) is 5.79. The summed E-state index contributed by atoms with van der Waals surface area (Å²) in [5.74, 6) is 0.615. The number of carbonyl (C=O) groups is 1. The van der Waals surface area contributed by atoms with E-state index in [2.05, 4.69) is 32.7 Å².